The maximum absolute atomic E-state index is 11.9. The van der Waals surface area contributed by atoms with Crippen molar-refractivity contribution in [1.82, 2.24) is 4.22 Å². The van der Waals surface area contributed by atoms with Crippen LogP contribution in [0, 0.1) is 5.92 Å². The number of amides is 1. The Bertz CT molecular complexity index is 388. The number of nitrogens with zero attached hydrogens (tertiary/aromatic N) is 1. The van der Waals surface area contributed by atoms with Gasteiger partial charge in [-0.25, -0.2) is 0 Å². The van der Waals surface area contributed by atoms with Gasteiger partial charge in [0.15, 0.2) is 0 Å². The molecule has 0 aromatic heterocycles. The van der Waals surface area contributed by atoms with Gasteiger partial charge in [0.2, 0.25) is 13.9 Å². The lowest BCUT2D eigenvalue weighted by Gasteiger charge is -2.19. The summed E-state index contributed by atoms with van der Waals surface area (Å²) < 4.78 is 6.81. The molecule has 0 heterocycles. The van der Waals surface area contributed by atoms with E-state index in [1.54, 1.807) is 7.98 Å². The first-order valence-corrected chi connectivity index (χ1v) is 6.62. The molecule has 0 unspecified atom stereocenters. The third-order valence-electron chi connectivity index (χ3n) is 2.90. The summed E-state index contributed by atoms with van der Waals surface area (Å²) in [5.41, 5.74) is 1.11. The van der Waals surface area contributed by atoms with Crippen LogP contribution in [0.3, 0.4) is 0 Å². The average Bonchev–Trinajstić information content (AvgIpc) is 2.31. The first kappa shape index (κ1) is 15.0. The van der Waals surface area contributed by atoms with E-state index < -0.39 is 0 Å². The number of hydrogen-bond acceptors (Lipinski definition) is 3. The second kappa shape index (κ2) is 7.36. The first-order valence-electron chi connectivity index (χ1n) is 6.22. The minimum absolute atomic E-state index is 0.0143. The third-order valence-corrected chi connectivity index (χ3v) is 3.10. The quantitative estimate of drug-likeness (QED) is 0.622. The summed E-state index contributed by atoms with van der Waals surface area (Å²) in [5, 5.41) is 0. The van der Waals surface area contributed by atoms with Crippen molar-refractivity contribution in [2.24, 2.45) is 5.92 Å². The molecule has 0 saturated heterocycles. The zero-order valence-corrected chi connectivity index (χ0v) is 12.1. The third kappa shape index (κ3) is 4.29. The summed E-state index contributed by atoms with van der Waals surface area (Å²) in [6.45, 7) is 4.52. The van der Waals surface area contributed by atoms with Crippen molar-refractivity contribution in [3.8, 4) is 0 Å². The minimum atomic E-state index is -0.141. The van der Waals surface area contributed by atoms with Crippen LogP contribution in [0.25, 0.3) is 0 Å². The Balaban J connectivity index is 2.85. The van der Waals surface area contributed by atoms with Gasteiger partial charge in [0.05, 0.1) is 12.5 Å². The molecule has 0 saturated carbocycles. The van der Waals surface area contributed by atoms with Crippen molar-refractivity contribution >= 4 is 26.7 Å². The molecule has 1 aliphatic carbocycles. The summed E-state index contributed by atoms with van der Waals surface area (Å²) in [6, 6.07) is 0. The van der Waals surface area contributed by atoms with E-state index in [1.807, 2.05) is 32.1 Å². The predicted molar refractivity (Wildman–Crippen MR) is 79.7 cm³/mol. The van der Waals surface area contributed by atoms with Crippen LogP contribution >= 0.6 is 12.8 Å². The largest absolute Gasteiger partial charge is 0.494 e. The van der Waals surface area contributed by atoms with E-state index in [1.165, 1.54) is 4.22 Å². The topological polar surface area (TPSA) is 29.5 Å². The summed E-state index contributed by atoms with van der Waals surface area (Å²) in [4.78, 5) is 11.9. The molecule has 3 nitrogen and oxygen atoms in total. The Morgan fingerprint density at radius 3 is 2.94 bits per heavy atom. The molecular weight excluding hydrogens is 245 g/mol. The van der Waals surface area contributed by atoms with Crippen molar-refractivity contribution in [2.75, 3.05) is 6.61 Å². The van der Waals surface area contributed by atoms with E-state index in [0.717, 1.165) is 24.2 Å². The summed E-state index contributed by atoms with van der Waals surface area (Å²) in [7, 11) is 1.66. The van der Waals surface area contributed by atoms with Crippen molar-refractivity contribution in [2.45, 2.75) is 26.7 Å². The van der Waals surface area contributed by atoms with Gasteiger partial charge in [0, 0.05) is 0 Å². The number of ether oxygens (including phenoxy) is 1. The fraction of sp³-hybridized carbons (Fsp3) is 0.462. The van der Waals surface area contributed by atoms with Crippen molar-refractivity contribution < 1.29 is 9.53 Å². The standard InChI is InChI=1S/C13H20BNO2S/c1-3-17-12-7-5-4-6-11(8-9-12)10(2)13(16)15(14)18/h5,7-10,18H,3-4,6,14H2,1-2H3/b7-5-,11-8+,12-9+/t10-/m1/s1. The number of hydrogen-bond donors (Lipinski definition) is 1. The van der Waals surface area contributed by atoms with Gasteiger partial charge < -0.3 is 8.95 Å². The number of carbonyl (C=O) groups is 1. The molecule has 0 N–H and O–H groups in total. The molecule has 0 bridgehead atoms. The second-order valence-electron chi connectivity index (χ2n) is 4.27. The highest BCUT2D eigenvalue weighted by Gasteiger charge is 2.19. The normalized spacial score (nSPS) is 24.6. The highest BCUT2D eigenvalue weighted by atomic mass is 32.1. The summed E-state index contributed by atoms with van der Waals surface area (Å²) in [6.07, 6.45) is 9.79. The Kier molecular flexibility index (Phi) is 6.12. The predicted octanol–water partition coefficient (Wildman–Crippen LogP) is 2.04. The van der Waals surface area contributed by atoms with Crippen LogP contribution in [0.4, 0.5) is 0 Å². The van der Waals surface area contributed by atoms with Gasteiger partial charge in [-0.15, -0.1) is 0 Å². The zero-order chi connectivity index (χ0) is 13.5. The summed E-state index contributed by atoms with van der Waals surface area (Å²) in [5.74, 6) is 0.715. The Morgan fingerprint density at radius 2 is 2.33 bits per heavy atom. The van der Waals surface area contributed by atoms with E-state index >= 15 is 0 Å². The number of carbonyl (C=O) groups excluding carboxylic acids is 1. The van der Waals surface area contributed by atoms with Crippen LogP contribution in [0.1, 0.15) is 26.7 Å². The number of thiol groups is 1. The molecule has 0 radical (unpaired) electrons. The fourth-order valence-corrected chi connectivity index (χ4v) is 2.01. The Labute approximate surface area is 116 Å². The zero-order valence-electron chi connectivity index (χ0n) is 11.2. The Hall–Kier alpha value is -1.10. The smallest absolute Gasteiger partial charge is 0.235 e. The average molecular weight is 265 g/mol. The van der Waals surface area contributed by atoms with Crippen LogP contribution in [0.15, 0.2) is 35.6 Å². The lowest BCUT2D eigenvalue weighted by Crippen LogP contribution is -2.26. The highest BCUT2D eigenvalue weighted by molar-refractivity contribution is 7.79. The molecular formula is C13H20BNO2S. The molecule has 18 heavy (non-hydrogen) atoms. The fourth-order valence-electron chi connectivity index (χ4n) is 1.84. The van der Waals surface area contributed by atoms with E-state index in [0.29, 0.717) is 6.61 Å². The van der Waals surface area contributed by atoms with Gasteiger partial charge in [0.1, 0.15) is 5.76 Å². The van der Waals surface area contributed by atoms with E-state index in [-0.39, 0.29) is 11.8 Å². The van der Waals surface area contributed by atoms with Gasteiger partial charge in [0.25, 0.3) is 0 Å². The van der Waals surface area contributed by atoms with E-state index in [9.17, 15) is 4.79 Å². The highest BCUT2D eigenvalue weighted by Crippen LogP contribution is 2.22. The summed E-state index contributed by atoms with van der Waals surface area (Å²) >= 11 is 4.05. The van der Waals surface area contributed by atoms with Crippen LogP contribution in [0.5, 0.6) is 0 Å². The number of allylic oxidation sites excluding steroid dienone is 4. The maximum Gasteiger partial charge on any atom is 0.235 e. The Morgan fingerprint density at radius 1 is 1.61 bits per heavy atom. The van der Waals surface area contributed by atoms with Crippen molar-refractivity contribution in [3.63, 3.8) is 0 Å². The van der Waals surface area contributed by atoms with Crippen molar-refractivity contribution in [1.29, 1.82) is 0 Å². The molecule has 0 aliphatic heterocycles. The van der Waals surface area contributed by atoms with E-state index in [4.69, 9.17) is 4.74 Å². The lowest BCUT2D eigenvalue weighted by molar-refractivity contribution is -0.125. The first-order chi connectivity index (χ1) is 8.56. The van der Waals surface area contributed by atoms with E-state index in [2.05, 4.69) is 18.9 Å². The van der Waals surface area contributed by atoms with Gasteiger partial charge in [-0.3, -0.25) is 4.79 Å². The van der Waals surface area contributed by atoms with Crippen LogP contribution in [-0.4, -0.2) is 24.7 Å². The van der Waals surface area contributed by atoms with Gasteiger partial charge in [-0.1, -0.05) is 30.5 Å². The molecule has 0 fully saturated rings. The minimum Gasteiger partial charge on any atom is -0.494 e. The van der Waals surface area contributed by atoms with Gasteiger partial charge >= 0.3 is 0 Å². The van der Waals surface area contributed by atoms with Crippen LogP contribution < -0.4 is 0 Å². The molecule has 1 atom stereocenters. The van der Waals surface area contributed by atoms with Gasteiger partial charge in [-0.05, 0) is 38.8 Å². The van der Waals surface area contributed by atoms with Crippen molar-refractivity contribution in [3.05, 3.63) is 35.6 Å². The molecule has 1 amide bonds. The molecule has 1 rings (SSSR count). The molecule has 5 heteroatoms. The van der Waals surface area contributed by atoms with Crippen LogP contribution in [0.2, 0.25) is 0 Å². The SMILES string of the molecule is BN(S)C(=O)[C@H](C)/C1=C/C=C(OCC)\C=C/CC1. The monoisotopic (exact) mass is 265 g/mol. The molecule has 1 aliphatic rings. The van der Waals surface area contributed by atoms with Gasteiger partial charge in [-0.2, -0.15) is 0 Å². The molecule has 0 aromatic rings. The molecule has 0 spiro atoms. The molecule has 0 aromatic carbocycles. The van der Waals surface area contributed by atoms with Crippen LogP contribution in [-0.2, 0) is 9.53 Å². The maximum atomic E-state index is 11.9. The second-order valence-corrected chi connectivity index (χ2v) is 4.87. The molecule has 98 valence electrons. The lowest BCUT2D eigenvalue weighted by atomic mass is 9.93. The number of rotatable bonds is 4.